The lowest BCUT2D eigenvalue weighted by Gasteiger charge is -2.12. The summed E-state index contributed by atoms with van der Waals surface area (Å²) in [6.45, 7) is 0. The Hall–Kier alpha value is -1.81. The van der Waals surface area contributed by atoms with Gasteiger partial charge >= 0.3 is 0 Å². The first-order valence-corrected chi connectivity index (χ1v) is 7.76. The molecule has 0 saturated carbocycles. The van der Waals surface area contributed by atoms with Crippen molar-refractivity contribution in [1.29, 1.82) is 5.26 Å². The second kappa shape index (κ2) is 5.90. The minimum Gasteiger partial charge on any atom is -0.277 e. The Balaban J connectivity index is 2.55. The average molecular weight is 345 g/mol. The summed E-state index contributed by atoms with van der Waals surface area (Å²) in [5.74, 6) is -0.925. The highest BCUT2D eigenvalue weighted by atomic mass is 35.5. The predicted octanol–water partition coefficient (Wildman–Crippen LogP) is 3.80. The maximum absolute atomic E-state index is 13.5. The third-order valence-corrected chi connectivity index (χ3v) is 4.60. The van der Waals surface area contributed by atoms with Gasteiger partial charge in [0.15, 0.2) is 0 Å². The van der Waals surface area contributed by atoms with Crippen molar-refractivity contribution < 1.29 is 12.8 Å². The van der Waals surface area contributed by atoms with E-state index in [9.17, 15) is 12.8 Å². The molecule has 0 atom stereocenters. The Bertz CT molecular complexity index is 827. The van der Waals surface area contributed by atoms with E-state index in [4.69, 9.17) is 28.5 Å². The molecule has 2 aromatic carbocycles. The minimum absolute atomic E-state index is 0.0333. The first-order chi connectivity index (χ1) is 9.86. The van der Waals surface area contributed by atoms with Crippen LogP contribution in [0, 0.1) is 17.1 Å². The van der Waals surface area contributed by atoms with Gasteiger partial charge in [-0.15, -0.1) is 0 Å². The summed E-state index contributed by atoms with van der Waals surface area (Å²) in [7, 11) is -4.20. The van der Waals surface area contributed by atoms with Gasteiger partial charge in [0, 0.05) is 0 Å². The third-order valence-electron chi connectivity index (χ3n) is 2.58. The number of halogens is 3. The molecule has 2 rings (SSSR count). The average Bonchev–Trinajstić information content (AvgIpc) is 2.43. The fraction of sp³-hybridized carbons (Fsp3) is 0. The highest BCUT2D eigenvalue weighted by Gasteiger charge is 2.23. The van der Waals surface area contributed by atoms with Gasteiger partial charge in [-0.2, -0.15) is 5.26 Å². The van der Waals surface area contributed by atoms with Crippen molar-refractivity contribution in [3.63, 3.8) is 0 Å². The molecule has 1 N–H and O–H groups in total. The van der Waals surface area contributed by atoms with Crippen LogP contribution >= 0.6 is 23.2 Å². The quantitative estimate of drug-likeness (QED) is 0.920. The van der Waals surface area contributed by atoms with Crippen LogP contribution in [0.4, 0.5) is 10.1 Å². The Labute approximate surface area is 130 Å². The van der Waals surface area contributed by atoms with E-state index in [1.807, 2.05) is 0 Å². The third kappa shape index (κ3) is 3.10. The summed E-state index contributed by atoms with van der Waals surface area (Å²) in [6.07, 6.45) is 0. The zero-order chi connectivity index (χ0) is 15.6. The summed E-state index contributed by atoms with van der Waals surface area (Å²) in [5.41, 5.74) is -0.609. The number of anilines is 1. The topological polar surface area (TPSA) is 70.0 Å². The van der Waals surface area contributed by atoms with Gasteiger partial charge in [-0.25, -0.2) is 12.8 Å². The van der Waals surface area contributed by atoms with Gasteiger partial charge in [0.05, 0.1) is 15.7 Å². The summed E-state index contributed by atoms with van der Waals surface area (Å²) in [5, 5.41) is 9.07. The Morgan fingerprint density at radius 1 is 1.10 bits per heavy atom. The van der Waals surface area contributed by atoms with Gasteiger partial charge in [0.1, 0.15) is 22.3 Å². The first-order valence-electron chi connectivity index (χ1n) is 5.52. The highest BCUT2D eigenvalue weighted by molar-refractivity contribution is 7.92. The SMILES string of the molecule is N#Cc1c(F)cccc1S(=O)(=O)Nc1c(Cl)cccc1Cl. The van der Waals surface area contributed by atoms with E-state index in [1.165, 1.54) is 24.3 Å². The second-order valence-corrected chi connectivity index (χ2v) is 6.39. The van der Waals surface area contributed by atoms with E-state index in [1.54, 1.807) is 6.07 Å². The lowest BCUT2D eigenvalue weighted by atomic mass is 10.2. The number of rotatable bonds is 3. The van der Waals surface area contributed by atoms with Crippen LogP contribution in [0.15, 0.2) is 41.3 Å². The number of para-hydroxylation sites is 1. The molecule has 0 aromatic heterocycles. The van der Waals surface area contributed by atoms with Crippen molar-refractivity contribution in [3.05, 3.63) is 57.8 Å². The van der Waals surface area contributed by atoms with Crippen LogP contribution in [0.1, 0.15) is 5.56 Å². The molecule has 0 saturated heterocycles. The molecule has 21 heavy (non-hydrogen) atoms. The van der Waals surface area contributed by atoms with Crippen LogP contribution < -0.4 is 4.72 Å². The maximum Gasteiger partial charge on any atom is 0.263 e. The molecule has 0 aliphatic rings. The van der Waals surface area contributed by atoms with E-state index in [0.29, 0.717) is 0 Å². The largest absolute Gasteiger partial charge is 0.277 e. The first kappa shape index (κ1) is 15.6. The van der Waals surface area contributed by atoms with Gasteiger partial charge in [-0.3, -0.25) is 4.72 Å². The molecule has 8 heteroatoms. The molecular weight excluding hydrogens is 338 g/mol. The normalized spacial score (nSPS) is 11.0. The van der Waals surface area contributed by atoms with E-state index in [-0.39, 0.29) is 15.7 Å². The van der Waals surface area contributed by atoms with Crippen LogP contribution in [-0.2, 0) is 10.0 Å². The van der Waals surface area contributed by atoms with Crippen molar-refractivity contribution >= 4 is 38.9 Å². The standard InChI is InChI=1S/C13H7Cl2FN2O2S/c14-9-3-1-4-10(15)13(9)18-21(19,20)12-6-2-5-11(16)8(12)7-17/h1-6,18H. The van der Waals surface area contributed by atoms with E-state index in [0.717, 1.165) is 12.1 Å². The molecule has 0 aliphatic carbocycles. The van der Waals surface area contributed by atoms with Gasteiger partial charge in [0.25, 0.3) is 10.0 Å². The molecule has 0 unspecified atom stereocenters. The lowest BCUT2D eigenvalue weighted by Crippen LogP contribution is -2.15. The molecule has 4 nitrogen and oxygen atoms in total. The van der Waals surface area contributed by atoms with Crippen molar-refractivity contribution in [1.82, 2.24) is 0 Å². The van der Waals surface area contributed by atoms with E-state index < -0.39 is 26.3 Å². The van der Waals surface area contributed by atoms with Crippen LogP contribution in [0.3, 0.4) is 0 Å². The number of nitrogens with one attached hydrogen (secondary N) is 1. The molecule has 0 radical (unpaired) electrons. The zero-order valence-electron chi connectivity index (χ0n) is 10.3. The van der Waals surface area contributed by atoms with Crippen LogP contribution in [-0.4, -0.2) is 8.42 Å². The van der Waals surface area contributed by atoms with Gasteiger partial charge in [-0.05, 0) is 24.3 Å². The number of nitriles is 1. The Morgan fingerprint density at radius 2 is 1.67 bits per heavy atom. The molecule has 0 spiro atoms. The van der Waals surface area contributed by atoms with E-state index in [2.05, 4.69) is 4.72 Å². The molecular formula is C13H7Cl2FN2O2S. The summed E-state index contributed by atoms with van der Waals surface area (Å²) in [4.78, 5) is -0.485. The monoisotopic (exact) mass is 344 g/mol. The fourth-order valence-electron chi connectivity index (χ4n) is 1.62. The molecule has 0 fully saturated rings. The number of hydrogen-bond acceptors (Lipinski definition) is 3. The lowest BCUT2D eigenvalue weighted by molar-refractivity contribution is 0.593. The number of hydrogen-bond donors (Lipinski definition) is 1. The molecule has 108 valence electrons. The van der Waals surface area contributed by atoms with Gasteiger partial charge in [-0.1, -0.05) is 35.3 Å². The number of sulfonamides is 1. The van der Waals surface area contributed by atoms with Crippen molar-refractivity contribution in [2.75, 3.05) is 4.72 Å². The smallest absolute Gasteiger partial charge is 0.263 e. The Morgan fingerprint density at radius 3 is 2.24 bits per heavy atom. The van der Waals surface area contributed by atoms with Crippen LogP contribution in [0.5, 0.6) is 0 Å². The van der Waals surface area contributed by atoms with Crippen molar-refractivity contribution in [2.24, 2.45) is 0 Å². The highest BCUT2D eigenvalue weighted by Crippen LogP contribution is 2.32. The van der Waals surface area contributed by atoms with E-state index >= 15 is 0 Å². The fourth-order valence-corrected chi connectivity index (χ4v) is 3.49. The Kier molecular flexibility index (Phi) is 4.37. The summed E-state index contributed by atoms with van der Waals surface area (Å²) >= 11 is 11.8. The predicted molar refractivity (Wildman–Crippen MR) is 78.4 cm³/mol. The van der Waals surface area contributed by atoms with Crippen LogP contribution in [0.2, 0.25) is 10.0 Å². The molecule has 0 bridgehead atoms. The minimum atomic E-state index is -4.20. The van der Waals surface area contributed by atoms with Gasteiger partial charge < -0.3 is 0 Å². The zero-order valence-corrected chi connectivity index (χ0v) is 12.6. The maximum atomic E-state index is 13.5. The molecule has 0 heterocycles. The van der Waals surface area contributed by atoms with Crippen molar-refractivity contribution in [2.45, 2.75) is 4.90 Å². The summed E-state index contributed by atoms with van der Waals surface area (Å²) < 4.78 is 40.3. The van der Waals surface area contributed by atoms with Crippen LogP contribution in [0.25, 0.3) is 0 Å². The number of benzene rings is 2. The van der Waals surface area contributed by atoms with Gasteiger partial charge in [0.2, 0.25) is 0 Å². The van der Waals surface area contributed by atoms with Crippen molar-refractivity contribution in [3.8, 4) is 6.07 Å². The summed E-state index contributed by atoms with van der Waals surface area (Å²) in [6, 6.07) is 9.28. The number of nitrogens with zero attached hydrogens (tertiary/aromatic N) is 1. The molecule has 0 amide bonds. The molecule has 0 aliphatic heterocycles. The second-order valence-electron chi connectivity index (χ2n) is 3.93. The molecule has 2 aromatic rings.